The van der Waals surface area contributed by atoms with Crippen LogP contribution in [0.25, 0.3) is 5.69 Å². The van der Waals surface area contributed by atoms with E-state index < -0.39 is 0 Å². The van der Waals surface area contributed by atoms with E-state index in [1.54, 1.807) is 4.68 Å². The molecule has 1 fully saturated rings. The van der Waals surface area contributed by atoms with Crippen molar-refractivity contribution < 1.29 is 4.74 Å². The number of aromatic nitrogens is 2. The molecule has 1 saturated heterocycles. The predicted octanol–water partition coefficient (Wildman–Crippen LogP) is 3.87. The highest BCUT2D eigenvalue weighted by Gasteiger charge is 2.31. The van der Waals surface area contributed by atoms with Crippen molar-refractivity contribution in [3.8, 4) is 5.69 Å². The second-order valence-electron chi connectivity index (χ2n) is 7.45. The lowest BCUT2D eigenvalue weighted by Crippen LogP contribution is -2.45. The summed E-state index contributed by atoms with van der Waals surface area (Å²) in [6.45, 7) is 6.33. The van der Waals surface area contributed by atoms with Gasteiger partial charge in [0, 0.05) is 31.9 Å². The lowest BCUT2D eigenvalue weighted by Gasteiger charge is -2.39. The van der Waals surface area contributed by atoms with Crippen molar-refractivity contribution >= 4 is 12.4 Å². The average Bonchev–Trinajstić information content (AvgIpc) is 2.94. The highest BCUT2D eigenvalue weighted by molar-refractivity contribution is 5.85. The van der Waals surface area contributed by atoms with Gasteiger partial charge in [0.2, 0.25) is 0 Å². The van der Waals surface area contributed by atoms with Crippen molar-refractivity contribution in [2.24, 2.45) is 7.05 Å². The Morgan fingerprint density at radius 3 is 2.31 bits per heavy atom. The van der Waals surface area contributed by atoms with Crippen molar-refractivity contribution in [2.75, 3.05) is 13.2 Å². The van der Waals surface area contributed by atoms with E-state index in [1.165, 1.54) is 5.56 Å². The van der Waals surface area contributed by atoms with E-state index in [9.17, 15) is 4.79 Å². The third kappa shape index (κ3) is 4.04. The Kier molecular flexibility index (Phi) is 6.63. The van der Waals surface area contributed by atoms with Gasteiger partial charge in [0.15, 0.2) is 0 Å². The Balaban J connectivity index is 0.00000240. The molecule has 0 saturated carbocycles. The van der Waals surface area contributed by atoms with E-state index in [-0.39, 0.29) is 30.1 Å². The molecule has 0 aliphatic carbocycles. The Bertz CT molecular complexity index is 998. The van der Waals surface area contributed by atoms with E-state index in [0.29, 0.717) is 13.2 Å². The van der Waals surface area contributed by atoms with Crippen molar-refractivity contribution in [1.82, 2.24) is 14.3 Å². The number of ether oxygens (including phenoxy) is 1. The first-order valence-electron chi connectivity index (χ1n) is 9.81. The molecule has 0 spiro atoms. The predicted molar refractivity (Wildman–Crippen MR) is 118 cm³/mol. The van der Waals surface area contributed by atoms with Crippen LogP contribution in [0.2, 0.25) is 0 Å². The van der Waals surface area contributed by atoms with Crippen LogP contribution in [0.4, 0.5) is 0 Å². The minimum Gasteiger partial charge on any atom is -0.371 e. The Hall–Kier alpha value is -2.34. The number of hydrogen-bond acceptors (Lipinski definition) is 3. The topological polar surface area (TPSA) is 39.4 Å². The van der Waals surface area contributed by atoms with Gasteiger partial charge in [-0.05, 0) is 31.5 Å². The summed E-state index contributed by atoms with van der Waals surface area (Å²) in [7, 11) is 1.95. The van der Waals surface area contributed by atoms with Gasteiger partial charge >= 0.3 is 0 Å². The lowest BCUT2D eigenvalue weighted by atomic mass is 10.00. The molecular formula is C23H28ClN3O2. The quantitative estimate of drug-likeness (QED) is 0.651. The summed E-state index contributed by atoms with van der Waals surface area (Å²) in [5.74, 6) is 0. The highest BCUT2D eigenvalue weighted by Crippen LogP contribution is 2.29. The molecule has 2 unspecified atom stereocenters. The maximum atomic E-state index is 13.2. The first-order valence-corrected chi connectivity index (χ1v) is 9.81. The zero-order valence-electron chi connectivity index (χ0n) is 17.1. The number of rotatable bonds is 4. The van der Waals surface area contributed by atoms with Crippen molar-refractivity contribution in [3.63, 3.8) is 0 Å². The molecule has 1 aromatic heterocycles. The molecule has 5 nitrogen and oxygen atoms in total. The zero-order valence-corrected chi connectivity index (χ0v) is 17.9. The molecule has 6 heteroatoms. The van der Waals surface area contributed by atoms with E-state index in [4.69, 9.17) is 4.74 Å². The second kappa shape index (κ2) is 8.99. The minimum absolute atomic E-state index is 0. The maximum Gasteiger partial charge on any atom is 0.276 e. The molecule has 0 radical (unpaired) electrons. The van der Waals surface area contributed by atoms with E-state index in [2.05, 4.69) is 24.0 Å². The molecular weight excluding hydrogens is 386 g/mol. The van der Waals surface area contributed by atoms with Crippen LogP contribution in [0.5, 0.6) is 0 Å². The molecule has 3 aromatic rings. The van der Waals surface area contributed by atoms with Gasteiger partial charge in [0.1, 0.15) is 0 Å². The molecule has 2 atom stereocenters. The molecule has 0 bridgehead atoms. The third-order valence-corrected chi connectivity index (χ3v) is 5.85. The molecule has 0 N–H and O–H groups in total. The van der Waals surface area contributed by atoms with Gasteiger partial charge in [-0.1, -0.05) is 48.5 Å². The summed E-state index contributed by atoms with van der Waals surface area (Å²) >= 11 is 0. The van der Waals surface area contributed by atoms with E-state index in [1.807, 2.05) is 67.2 Å². The lowest BCUT2D eigenvalue weighted by molar-refractivity contribution is -0.0704. The van der Waals surface area contributed by atoms with Crippen LogP contribution in [0.3, 0.4) is 0 Å². The number of para-hydroxylation sites is 1. The minimum atomic E-state index is 0. The fourth-order valence-corrected chi connectivity index (χ4v) is 4.08. The maximum absolute atomic E-state index is 13.2. The number of benzene rings is 2. The van der Waals surface area contributed by atoms with Crippen LogP contribution in [-0.2, 0) is 18.3 Å². The first-order chi connectivity index (χ1) is 13.6. The van der Waals surface area contributed by atoms with Gasteiger partial charge in [0.25, 0.3) is 5.56 Å². The average molecular weight is 414 g/mol. The van der Waals surface area contributed by atoms with E-state index in [0.717, 1.165) is 23.5 Å². The van der Waals surface area contributed by atoms with Gasteiger partial charge in [0.05, 0.1) is 24.0 Å². The summed E-state index contributed by atoms with van der Waals surface area (Å²) < 4.78 is 9.78. The fraction of sp³-hybridized carbons (Fsp3) is 0.348. The SMILES string of the molecule is Cc1c(CN2CCOC(c3ccccc3)C2C)c(=O)n(-c2ccccc2)n1C.Cl. The van der Waals surface area contributed by atoms with Crippen molar-refractivity contribution in [1.29, 1.82) is 0 Å². The molecule has 29 heavy (non-hydrogen) atoms. The Morgan fingerprint density at radius 2 is 1.66 bits per heavy atom. The van der Waals surface area contributed by atoms with Crippen LogP contribution in [0.1, 0.15) is 29.8 Å². The van der Waals surface area contributed by atoms with E-state index >= 15 is 0 Å². The van der Waals surface area contributed by atoms with Crippen LogP contribution < -0.4 is 5.56 Å². The third-order valence-electron chi connectivity index (χ3n) is 5.85. The normalized spacial score (nSPS) is 19.7. The molecule has 1 aliphatic rings. The number of halogens is 1. The van der Waals surface area contributed by atoms with Gasteiger partial charge in [-0.25, -0.2) is 4.68 Å². The molecule has 0 amide bonds. The second-order valence-corrected chi connectivity index (χ2v) is 7.45. The van der Waals surface area contributed by atoms with Crippen LogP contribution in [0, 0.1) is 6.92 Å². The van der Waals surface area contributed by atoms with Gasteiger partial charge in [-0.3, -0.25) is 14.4 Å². The molecule has 2 aromatic carbocycles. The molecule has 1 aliphatic heterocycles. The summed E-state index contributed by atoms with van der Waals surface area (Å²) in [5.41, 5.74) is 3.99. The van der Waals surface area contributed by atoms with Crippen molar-refractivity contribution in [3.05, 3.63) is 87.8 Å². The highest BCUT2D eigenvalue weighted by atomic mass is 35.5. The standard InChI is InChI=1S/C23H27N3O2.ClH/c1-17-21(23(27)26(24(17)3)20-12-8-5-9-13-20)16-25-14-15-28-22(18(25)2)19-10-6-4-7-11-19;/h4-13,18,22H,14-16H2,1-3H3;1H. The monoisotopic (exact) mass is 413 g/mol. The molecule has 2 heterocycles. The summed E-state index contributed by atoms with van der Waals surface area (Å²) in [6, 6.07) is 20.3. The zero-order chi connectivity index (χ0) is 19.7. The number of hydrogen-bond donors (Lipinski definition) is 0. The first kappa shape index (κ1) is 21.4. The van der Waals surface area contributed by atoms with Crippen LogP contribution >= 0.6 is 12.4 Å². The smallest absolute Gasteiger partial charge is 0.276 e. The summed E-state index contributed by atoms with van der Waals surface area (Å²) in [6.07, 6.45) is 0.0234. The largest absolute Gasteiger partial charge is 0.371 e. The molecule has 154 valence electrons. The van der Waals surface area contributed by atoms with Gasteiger partial charge < -0.3 is 4.74 Å². The Labute approximate surface area is 177 Å². The number of morpholine rings is 1. The van der Waals surface area contributed by atoms with Crippen LogP contribution in [-0.4, -0.2) is 33.5 Å². The van der Waals surface area contributed by atoms with Crippen LogP contribution in [0.15, 0.2) is 65.5 Å². The molecule has 4 rings (SSSR count). The van der Waals surface area contributed by atoms with Gasteiger partial charge in [-0.2, -0.15) is 0 Å². The summed E-state index contributed by atoms with van der Waals surface area (Å²) in [4.78, 5) is 15.6. The fourth-order valence-electron chi connectivity index (χ4n) is 4.08. The Morgan fingerprint density at radius 1 is 1.03 bits per heavy atom. The summed E-state index contributed by atoms with van der Waals surface area (Å²) in [5, 5.41) is 0. The van der Waals surface area contributed by atoms with Gasteiger partial charge in [-0.15, -0.1) is 12.4 Å². The van der Waals surface area contributed by atoms with Crippen molar-refractivity contribution in [2.45, 2.75) is 32.5 Å². The number of nitrogens with zero attached hydrogens (tertiary/aromatic N) is 3.